The molecule has 0 aliphatic carbocycles. The first kappa shape index (κ1) is 26.4. The van der Waals surface area contributed by atoms with Gasteiger partial charge in [0.25, 0.3) is 0 Å². The summed E-state index contributed by atoms with van der Waals surface area (Å²) in [6, 6.07) is 14.0. The van der Waals surface area contributed by atoms with Gasteiger partial charge in [0, 0.05) is 30.4 Å². The number of alkyl halides is 3. The highest BCUT2D eigenvalue weighted by Crippen LogP contribution is 2.33. The molecule has 0 spiro atoms. The first-order chi connectivity index (χ1) is 18.6. The van der Waals surface area contributed by atoms with Crippen LogP contribution in [0.25, 0.3) is 17.0 Å². The Kier molecular flexibility index (Phi) is 6.86. The van der Waals surface area contributed by atoms with Crippen molar-refractivity contribution in [1.29, 1.82) is 0 Å². The molecule has 2 aromatic carbocycles. The molecule has 0 radical (unpaired) electrons. The quantitative estimate of drug-likeness (QED) is 0.325. The van der Waals surface area contributed by atoms with Gasteiger partial charge in [0.05, 0.1) is 12.0 Å². The third-order valence-corrected chi connectivity index (χ3v) is 7.43. The molecule has 4 aromatic rings. The number of benzene rings is 2. The number of methoxy groups -OCH3 is 1. The van der Waals surface area contributed by atoms with E-state index in [1.807, 2.05) is 12.1 Å². The van der Waals surface area contributed by atoms with Crippen molar-refractivity contribution in [2.75, 3.05) is 31.7 Å². The van der Waals surface area contributed by atoms with E-state index in [-0.39, 0.29) is 42.6 Å². The Bertz CT molecular complexity index is 1640. The zero-order valence-corrected chi connectivity index (χ0v) is 21.2. The Morgan fingerprint density at radius 2 is 1.85 bits per heavy atom. The van der Waals surface area contributed by atoms with E-state index in [0.717, 1.165) is 11.6 Å². The van der Waals surface area contributed by atoms with Crippen LogP contribution in [0.1, 0.15) is 5.56 Å². The summed E-state index contributed by atoms with van der Waals surface area (Å²) < 4.78 is 78.6. The molecule has 0 unspecified atom stereocenters. The van der Waals surface area contributed by atoms with Crippen LogP contribution in [0.3, 0.4) is 0 Å². The van der Waals surface area contributed by atoms with Gasteiger partial charge in [-0.1, -0.05) is 0 Å². The van der Waals surface area contributed by atoms with E-state index in [0.29, 0.717) is 27.7 Å². The SMILES string of the molecule is COc1ccc(-c2nnc3ccc(OCCNS(=O)(=O)c4ccc5c(c4)CCN5C(=O)C(F)(F)F)nn23)cc1. The second-order valence-electron chi connectivity index (χ2n) is 8.43. The van der Waals surface area contributed by atoms with E-state index in [2.05, 4.69) is 20.0 Å². The number of hydrogen-bond donors (Lipinski definition) is 1. The lowest BCUT2D eigenvalue weighted by atomic mass is 10.2. The van der Waals surface area contributed by atoms with Crippen molar-refractivity contribution in [1.82, 2.24) is 24.5 Å². The molecule has 0 saturated heterocycles. The molecule has 1 amide bonds. The summed E-state index contributed by atoms with van der Waals surface area (Å²) >= 11 is 0. The van der Waals surface area contributed by atoms with Crippen LogP contribution in [0.15, 0.2) is 59.5 Å². The zero-order valence-electron chi connectivity index (χ0n) is 20.3. The number of rotatable bonds is 8. The number of amides is 1. The molecule has 204 valence electrons. The number of aromatic nitrogens is 4. The number of halogens is 3. The van der Waals surface area contributed by atoms with Gasteiger partial charge < -0.3 is 14.4 Å². The van der Waals surface area contributed by atoms with Gasteiger partial charge in [0.2, 0.25) is 15.9 Å². The molecular weight excluding hydrogens is 541 g/mol. The van der Waals surface area contributed by atoms with Crippen molar-refractivity contribution >= 4 is 27.3 Å². The minimum Gasteiger partial charge on any atom is -0.497 e. The third kappa shape index (κ3) is 5.35. The van der Waals surface area contributed by atoms with Crippen LogP contribution in [0.2, 0.25) is 0 Å². The number of sulfonamides is 1. The van der Waals surface area contributed by atoms with Crippen molar-refractivity contribution in [2.45, 2.75) is 17.5 Å². The Labute approximate surface area is 220 Å². The van der Waals surface area contributed by atoms with E-state index >= 15 is 0 Å². The number of fused-ring (bicyclic) bond motifs is 2. The van der Waals surface area contributed by atoms with Gasteiger partial charge in [-0.2, -0.15) is 17.7 Å². The molecule has 0 saturated carbocycles. The van der Waals surface area contributed by atoms with Crippen molar-refractivity contribution in [2.24, 2.45) is 0 Å². The minimum atomic E-state index is -5.01. The molecule has 15 heteroatoms. The second-order valence-corrected chi connectivity index (χ2v) is 10.2. The molecule has 1 aliphatic rings. The van der Waals surface area contributed by atoms with E-state index in [4.69, 9.17) is 9.47 Å². The summed E-state index contributed by atoms with van der Waals surface area (Å²) in [5.41, 5.74) is 1.62. The largest absolute Gasteiger partial charge is 0.497 e. The topological polar surface area (TPSA) is 128 Å². The van der Waals surface area contributed by atoms with Crippen LogP contribution in [-0.2, 0) is 21.2 Å². The standard InChI is InChI=1S/C24H21F3N6O5S/c1-37-17-4-2-15(3-5-17)22-30-29-20-8-9-21(31-33(20)22)38-13-11-28-39(35,36)18-6-7-19-16(14-18)10-12-32(19)23(34)24(25,26)27/h2-9,14,28H,10-13H2,1H3. The van der Waals surface area contributed by atoms with Crippen molar-refractivity contribution in [3.05, 3.63) is 60.2 Å². The fourth-order valence-corrected chi connectivity index (χ4v) is 5.16. The van der Waals surface area contributed by atoms with Gasteiger partial charge >= 0.3 is 12.1 Å². The zero-order chi connectivity index (χ0) is 27.8. The van der Waals surface area contributed by atoms with Crippen molar-refractivity contribution < 1.29 is 35.9 Å². The average molecular weight is 563 g/mol. The highest BCUT2D eigenvalue weighted by atomic mass is 32.2. The van der Waals surface area contributed by atoms with Crippen LogP contribution in [0, 0.1) is 0 Å². The first-order valence-electron chi connectivity index (χ1n) is 11.6. The second kappa shape index (κ2) is 10.1. The predicted molar refractivity (Wildman–Crippen MR) is 132 cm³/mol. The first-order valence-corrected chi connectivity index (χ1v) is 13.1. The van der Waals surface area contributed by atoms with Crippen LogP contribution < -0.4 is 19.1 Å². The molecule has 1 N–H and O–H groups in total. The van der Waals surface area contributed by atoms with Crippen LogP contribution in [-0.4, -0.2) is 67.1 Å². The Morgan fingerprint density at radius 1 is 1.08 bits per heavy atom. The molecule has 39 heavy (non-hydrogen) atoms. The summed E-state index contributed by atoms with van der Waals surface area (Å²) in [5.74, 6) is -0.610. The summed E-state index contributed by atoms with van der Waals surface area (Å²) in [6.07, 6.45) is -4.90. The molecular formula is C24H21F3N6O5S. The highest BCUT2D eigenvalue weighted by Gasteiger charge is 2.44. The molecule has 0 fully saturated rings. The average Bonchev–Trinajstić information content (AvgIpc) is 3.54. The van der Waals surface area contributed by atoms with Crippen LogP contribution in [0.4, 0.5) is 18.9 Å². The number of nitrogens with zero attached hydrogens (tertiary/aromatic N) is 5. The van der Waals surface area contributed by atoms with Gasteiger partial charge in [0.15, 0.2) is 11.5 Å². The van der Waals surface area contributed by atoms with Gasteiger partial charge in [-0.15, -0.1) is 15.3 Å². The number of anilines is 1. The Hall–Kier alpha value is -4.24. The fraction of sp³-hybridized carbons (Fsp3) is 0.250. The van der Waals surface area contributed by atoms with Crippen molar-refractivity contribution in [3.8, 4) is 23.0 Å². The van der Waals surface area contributed by atoms with Gasteiger partial charge in [-0.3, -0.25) is 4.79 Å². The molecule has 11 nitrogen and oxygen atoms in total. The summed E-state index contributed by atoms with van der Waals surface area (Å²) in [6.45, 7) is -0.343. The maximum atomic E-state index is 12.8. The maximum Gasteiger partial charge on any atom is 0.471 e. The van der Waals surface area contributed by atoms with Gasteiger partial charge in [0.1, 0.15) is 12.4 Å². The predicted octanol–water partition coefficient (Wildman–Crippen LogP) is 2.61. The van der Waals surface area contributed by atoms with Crippen LogP contribution in [0.5, 0.6) is 11.6 Å². The van der Waals surface area contributed by atoms with Crippen molar-refractivity contribution in [3.63, 3.8) is 0 Å². The van der Waals surface area contributed by atoms with E-state index in [1.54, 1.807) is 31.4 Å². The molecule has 3 heterocycles. The van der Waals surface area contributed by atoms with Crippen LogP contribution >= 0.6 is 0 Å². The number of nitrogens with one attached hydrogen (secondary N) is 1. The summed E-state index contributed by atoms with van der Waals surface area (Å²) in [4.78, 5) is 12.1. The lowest BCUT2D eigenvalue weighted by Crippen LogP contribution is -2.40. The minimum absolute atomic E-state index is 0.0454. The smallest absolute Gasteiger partial charge is 0.471 e. The molecule has 1 aliphatic heterocycles. The normalized spacial score (nSPS) is 13.5. The van der Waals surface area contributed by atoms with E-state index < -0.39 is 22.1 Å². The molecule has 5 rings (SSSR count). The summed E-state index contributed by atoms with van der Waals surface area (Å²) in [5, 5.41) is 12.6. The fourth-order valence-electron chi connectivity index (χ4n) is 4.09. The Morgan fingerprint density at radius 3 is 2.56 bits per heavy atom. The van der Waals surface area contributed by atoms with Gasteiger partial charge in [-0.25, -0.2) is 13.1 Å². The number of carbonyl (C=O) groups excluding carboxylic acids is 1. The number of carbonyl (C=O) groups is 1. The number of ether oxygens (including phenoxy) is 2. The van der Waals surface area contributed by atoms with E-state index in [1.165, 1.54) is 16.6 Å². The molecule has 0 atom stereocenters. The monoisotopic (exact) mass is 562 g/mol. The van der Waals surface area contributed by atoms with Gasteiger partial charge in [-0.05, 0) is 60.5 Å². The lowest BCUT2D eigenvalue weighted by molar-refractivity contribution is -0.170. The lowest BCUT2D eigenvalue weighted by Gasteiger charge is -2.19. The third-order valence-electron chi connectivity index (χ3n) is 5.98. The number of hydrogen-bond acceptors (Lipinski definition) is 8. The maximum absolute atomic E-state index is 12.8. The summed E-state index contributed by atoms with van der Waals surface area (Å²) in [7, 11) is -2.42. The Balaban J connectivity index is 1.22. The highest BCUT2D eigenvalue weighted by molar-refractivity contribution is 7.89. The molecule has 2 aromatic heterocycles. The van der Waals surface area contributed by atoms with E-state index in [9.17, 15) is 26.4 Å². The molecule has 0 bridgehead atoms.